The fraction of sp³-hybridized carbons (Fsp3) is 0.286. The average Bonchev–Trinajstić information content (AvgIpc) is 3.16. The standard InChI is InChI=1S/C21H21BrN2O7S2/c1-2-31-21(25)19-20(33(28,29)23-10-12-30-13-11-23)17-14-15(22)8-9-18(17)24(19)32(26,27)16-6-4-3-5-7-16/h3-9,14H,2,10-13H2,1H3. The largest absolute Gasteiger partial charge is 0.461 e. The van der Waals surface area contributed by atoms with Gasteiger partial charge in [0.2, 0.25) is 10.0 Å². The number of benzene rings is 2. The van der Waals surface area contributed by atoms with Gasteiger partial charge < -0.3 is 9.47 Å². The third-order valence-corrected chi connectivity index (χ3v) is 9.35. The predicted molar refractivity (Wildman–Crippen MR) is 124 cm³/mol. The number of esters is 1. The quantitative estimate of drug-likeness (QED) is 0.429. The molecule has 1 fully saturated rings. The summed E-state index contributed by atoms with van der Waals surface area (Å²) < 4.78 is 67.8. The highest BCUT2D eigenvalue weighted by Crippen LogP contribution is 2.37. The van der Waals surface area contributed by atoms with Crippen molar-refractivity contribution in [3.8, 4) is 0 Å². The molecule has 0 saturated carbocycles. The van der Waals surface area contributed by atoms with Crippen molar-refractivity contribution < 1.29 is 31.1 Å². The van der Waals surface area contributed by atoms with E-state index in [-0.39, 0.29) is 48.7 Å². The molecule has 0 N–H and O–H groups in total. The minimum atomic E-state index is -4.35. The summed E-state index contributed by atoms with van der Waals surface area (Å²) in [4.78, 5) is 12.6. The second kappa shape index (κ2) is 9.18. The van der Waals surface area contributed by atoms with E-state index in [9.17, 15) is 21.6 Å². The SMILES string of the molecule is CCOC(=O)c1c(S(=O)(=O)N2CCOCC2)c2cc(Br)ccc2n1S(=O)(=O)c1ccccc1. The molecule has 0 amide bonds. The van der Waals surface area contributed by atoms with Crippen LogP contribution in [0, 0.1) is 0 Å². The summed E-state index contributed by atoms with van der Waals surface area (Å²) in [7, 11) is -8.62. The number of halogens is 1. The van der Waals surface area contributed by atoms with Gasteiger partial charge in [0.05, 0.1) is 30.2 Å². The third-order valence-electron chi connectivity index (χ3n) is 5.16. The van der Waals surface area contributed by atoms with Gasteiger partial charge in [-0.15, -0.1) is 0 Å². The molecule has 0 radical (unpaired) electrons. The zero-order chi connectivity index (χ0) is 23.8. The molecule has 0 bridgehead atoms. The monoisotopic (exact) mass is 556 g/mol. The van der Waals surface area contributed by atoms with Crippen LogP contribution in [0.3, 0.4) is 0 Å². The number of hydrogen-bond acceptors (Lipinski definition) is 7. The normalized spacial score (nSPS) is 15.6. The van der Waals surface area contributed by atoms with Crippen LogP contribution in [0.15, 0.2) is 62.8 Å². The van der Waals surface area contributed by atoms with Crippen LogP contribution < -0.4 is 0 Å². The molecule has 1 aliphatic rings. The first-order valence-corrected chi connectivity index (χ1v) is 13.8. The van der Waals surface area contributed by atoms with Gasteiger partial charge >= 0.3 is 5.97 Å². The lowest BCUT2D eigenvalue weighted by Crippen LogP contribution is -2.41. The van der Waals surface area contributed by atoms with Crippen LogP contribution in [-0.4, -0.2) is 64.0 Å². The van der Waals surface area contributed by atoms with Crippen LogP contribution in [0.4, 0.5) is 0 Å². The molecule has 3 aromatic rings. The number of hydrogen-bond donors (Lipinski definition) is 0. The Hall–Kier alpha value is -2.25. The Kier molecular flexibility index (Phi) is 6.65. The molecule has 9 nitrogen and oxygen atoms in total. The van der Waals surface area contributed by atoms with Crippen LogP contribution in [0.5, 0.6) is 0 Å². The van der Waals surface area contributed by atoms with E-state index in [0.29, 0.717) is 4.47 Å². The smallest absolute Gasteiger partial charge is 0.357 e. The fourth-order valence-corrected chi connectivity index (χ4v) is 7.41. The van der Waals surface area contributed by atoms with Gasteiger partial charge in [-0.05, 0) is 37.3 Å². The van der Waals surface area contributed by atoms with Gasteiger partial charge in [-0.3, -0.25) is 0 Å². The minimum absolute atomic E-state index is 0.0527. The van der Waals surface area contributed by atoms with Gasteiger partial charge in [0.25, 0.3) is 10.0 Å². The van der Waals surface area contributed by atoms with E-state index in [4.69, 9.17) is 9.47 Å². The van der Waals surface area contributed by atoms with E-state index in [1.807, 2.05) is 0 Å². The molecule has 1 aliphatic heterocycles. The Morgan fingerprint density at radius 1 is 1.03 bits per heavy atom. The van der Waals surface area contributed by atoms with Gasteiger partial charge in [-0.2, -0.15) is 4.31 Å². The molecular formula is C21H21BrN2O7S2. The number of ether oxygens (including phenoxy) is 2. The number of aromatic nitrogens is 1. The zero-order valence-corrected chi connectivity index (χ0v) is 20.8. The van der Waals surface area contributed by atoms with E-state index >= 15 is 0 Å². The van der Waals surface area contributed by atoms with Gasteiger partial charge in [0, 0.05) is 22.9 Å². The number of morpholine rings is 1. The van der Waals surface area contributed by atoms with E-state index in [1.165, 1.54) is 28.6 Å². The Balaban J connectivity index is 2.13. The van der Waals surface area contributed by atoms with Crippen LogP contribution in [0.25, 0.3) is 10.9 Å². The number of carbonyl (C=O) groups excluding carboxylic acids is 1. The Morgan fingerprint density at radius 3 is 2.33 bits per heavy atom. The number of sulfonamides is 1. The third kappa shape index (κ3) is 4.21. The fourth-order valence-electron chi connectivity index (χ4n) is 3.71. The molecule has 0 spiro atoms. The lowest BCUT2D eigenvalue weighted by molar-refractivity contribution is 0.0513. The molecule has 2 heterocycles. The Bertz CT molecular complexity index is 1410. The van der Waals surface area contributed by atoms with Crippen LogP contribution in [0.1, 0.15) is 17.4 Å². The summed E-state index contributed by atoms with van der Waals surface area (Å²) in [6.45, 7) is 2.04. The molecular weight excluding hydrogens is 536 g/mol. The molecule has 33 heavy (non-hydrogen) atoms. The van der Waals surface area contributed by atoms with Crippen molar-refractivity contribution in [2.24, 2.45) is 0 Å². The summed E-state index contributed by atoms with van der Waals surface area (Å²) in [5, 5.41) is 0.0958. The second-order valence-corrected chi connectivity index (χ2v) is 11.7. The van der Waals surface area contributed by atoms with E-state index in [1.54, 1.807) is 31.2 Å². The number of rotatable bonds is 6. The molecule has 0 unspecified atom stereocenters. The first-order chi connectivity index (χ1) is 15.7. The van der Waals surface area contributed by atoms with E-state index < -0.39 is 36.6 Å². The molecule has 1 aromatic heterocycles. The van der Waals surface area contributed by atoms with Crippen LogP contribution in [0.2, 0.25) is 0 Å². The first-order valence-electron chi connectivity index (χ1n) is 10.1. The maximum absolute atomic E-state index is 13.8. The predicted octanol–water partition coefficient (Wildman–Crippen LogP) is 2.84. The van der Waals surface area contributed by atoms with Crippen LogP contribution >= 0.6 is 15.9 Å². The molecule has 0 aliphatic carbocycles. The highest BCUT2D eigenvalue weighted by molar-refractivity contribution is 9.10. The summed E-state index contributed by atoms with van der Waals surface area (Å²) in [6, 6.07) is 12.0. The summed E-state index contributed by atoms with van der Waals surface area (Å²) in [6.07, 6.45) is 0. The first kappa shape index (κ1) is 23.9. The summed E-state index contributed by atoms with van der Waals surface area (Å²) in [5.74, 6) is -1.05. The molecule has 4 rings (SSSR count). The topological polar surface area (TPSA) is 112 Å². The number of carbonyl (C=O) groups is 1. The van der Waals surface area contributed by atoms with Crippen molar-refractivity contribution in [1.82, 2.24) is 8.28 Å². The highest BCUT2D eigenvalue weighted by Gasteiger charge is 2.39. The lowest BCUT2D eigenvalue weighted by atomic mass is 10.2. The van der Waals surface area contributed by atoms with Crippen molar-refractivity contribution in [1.29, 1.82) is 0 Å². The van der Waals surface area contributed by atoms with E-state index in [2.05, 4.69) is 15.9 Å². The average molecular weight is 557 g/mol. The van der Waals surface area contributed by atoms with Crippen molar-refractivity contribution in [2.45, 2.75) is 16.7 Å². The Labute approximate surface area is 200 Å². The Morgan fingerprint density at radius 2 is 1.70 bits per heavy atom. The van der Waals surface area contributed by atoms with Gasteiger partial charge in [0.1, 0.15) is 4.90 Å². The summed E-state index contributed by atoms with van der Waals surface area (Å²) >= 11 is 3.32. The van der Waals surface area contributed by atoms with E-state index in [0.717, 1.165) is 3.97 Å². The minimum Gasteiger partial charge on any atom is -0.461 e. The molecule has 12 heteroatoms. The molecule has 2 aromatic carbocycles. The van der Waals surface area contributed by atoms with Gasteiger partial charge in [-0.1, -0.05) is 34.1 Å². The maximum Gasteiger partial charge on any atom is 0.357 e. The van der Waals surface area contributed by atoms with Gasteiger partial charge in [0.15, 0.2) is 5.69 Å². The molecule has 176 valence electrons. The van der Waals surface area contributed by atoms with Crippen molar-refractivity contribution >= 4 is 52.8 Å². The lowest BCUT2D eigenvalue weighted by Gasteiger charge is -2.26. The molecule has 0 atom stereocenters. The second-order valence-electron chi connectivity index (χ2n) is 7.16. The highest BCUT2D eigenvalue weighted by atomic mass is 79.9. The number of fused-ring (bicyclic) bond motifs is 1. The number of nitrogens with zero attached hydrogens (tertiary/aromatic N) is 2. The van der Waals surface area contributed by atoms with Crippen molar-refractivity contribution in [3.63, 3.8) is 0 Å². The van der Waals surface area contributed by atoms with Gasteiger partial charge in [-0.25, -0.2) is 25.6 Å². The zero-order valence-electron chi connectivity index (χ0n) is 17.6. The maximum atomic E-state index is 13.8. The van der Waals surface area contributed by atoms with Crippen molar-refractivity contribution in [3.05, 3.63) is 58.7 Å². The summed E-state index contributed by atoms with van der Waals surface area (Å²) in [5.41, 5.74) is -0.503. The van der Waals surface area contributed by atoms with Crippen LogP contribution in [-0.2, 0) is 29.5 Å². The molecule has 1 saturated heterocycles. The van der Waals surface area contributed by atoms with Crippen molar-refractivity contribution in [2.75, 3.05) is 32.9 Å².